The Hall–Kier alpha value is -3.45. The smallest absolute Gasteiger partial charge is 0.326 e. The van der Waals surface area contributed by atoms with Crippen LogP contribution in [0.25, 0.3) is 11.1 Å². The molecule has 0 spiro atoms. The molecule has 2 N–H and O–H groups in total. The molecule has 0 radical (unpaired) electrons. The van der Waals surface area contributed by atoms with Gasteiger partial charge < -0.3 is 10.1 Å². The molecule has 8 heteroatoms. The third-order valence-corrected chi connectivity index (χ3v) is 4.15. The largest absolute Gasteiger partial charge is 0.496 e. The van der Waals surface area contributed by atoms with Crippen LogP contribution in [0.1, 0.15) is 10.4 Å². The molecular weight excluding hydrogens is 385 g/mol. The molecule has 0 aliphatic heterocycles. The summed E-state index contributed by atoms with van der Waals surface area (Å²) in [4.78, 5) is 28.0. The van der Waals surface area contributed by atoms with Crippen molar-refractivity contribution in [2.24, 2.45) is 0 Å². The zero-order chi connectivity index (χ0) is 20.1. The molecule has 0 saturated heterocycles. The van der Waals surface area contributed by atoms with Gasteiger partial charge in [-0.05, 0) is 42.0 Å². The van der Waals surface area contributed by atoms with Gasteiger partial charge in [0.2, 0.25) is 0 Å². The van der Waals surface area contributed by atoms with Gasteiger partial charge in [0.15, 0.2) is 0 Å². The van der Waals surface area contributed by atoms with E-state index in [2.05, 4.69) is 15.6 Å². The third kappa shape index (κ3) is 4.44. The lowest BCUT2D eigenvalue weighted by atomic mass is 10.0. The molecule has 0 saturated carbocycles. The van der Waals surface area contributed by atoms with Crippen LogP contribution in [0.2, 0.25) is 5.15 Å². The van der Waals surface area contributed by atoms with E-state index in [1.165, 1.54) is 37.6 Å². The second-order valence-electron chi connectivity index (χ2n) is 5.67. The quantitative estimate of drug-likeness (QED) is 0.632. The van der Waals surface area contributed by atoms with Crippen LogP contribution in [-0.4, -0.2) is 24.0 Å². The van der Waals surface area contributed by atoms with E-state index in [1.807, 2.05) is 0 Å². The second kappa shape index (κ2) is 8.49. The molecule has 142 valence electrons. The predicted octanol–water partition coefficient (Wildman–Crippen LogP) is 4.51. The van der Waals surface area contributed by atoms with E-state index in [4.69, 9.17) is 16.3 Å². The summed E-state index contributed by atoms with van der Waals surface area (Å²) in [6.07, 6.45) is 1.44. The number of carbonyl (C=O) groups is 2. The number of carbonyl (C=O) groups excluding carboxylic acids is 2. The maximum atomic E-state index is 13.1. The molecule has 0 atom stereocenters. The highest BCUT2D eigenvalue weighted by molar-refractivity contribution is 6.33. The number of hydrogen-bond acceptors (Lipinski definition) is 4. The summed E-state index contributed by atoms with van der Waals surface area (Å²) < 4.78 is 18.5. The molecular formula is C20H15ClFN3O3. The van der Waals surface area contributed by atoms with Crippen LogP contribution in [0.15, 0.2) is 60.8 Å². The molecule has 0 bridgehead atoms. The molecule has 0 aliphatic carbocycles. The molecule has 3 aromatic rings. The Labute approximate surface area is 165 Å². The van der Waals surface area contributed by atoms with Crippen molar-refractivity contribution < 1.29 is 18.7 Å². The first-order valence-corrected chi connectivity index (χ1v) is 8.52. The number of nitrogens with one attached hydrogen (secondary N) is 2. The van der Waals surface area contributed by atoms with Crippen molar-refractivity contribution in [3.05, 3.63) is 77.3 Å². The Bertz CT molecular complexity index is 1030. The van der Waals surface area contributed by atoms with Gasteiger partial charge in [0.1, 0.15) is 16.7 Å². The molecule has 0 unspecified atom stereocenters. The van der Waals surface area contributed by atoms with Crippen LogP contribution in [0.4, 0.5) is 14.9 Å². The van der Waals surface area contributed by atoms with Crippen molar-refractivity contribution in [3.63, 3.8) is 0 Å². The van der Waals surface area contributed by atoms with Crippen LogP contribution in [0, 0.1) is 5.82 Å². The predicted molar refractivity (Wildman–Crippen MR) is 104 cm³/mol. The average Bonchev–Trinajstić information content (AvgIpc) is 2.68. The van der Waals surface area contributed by atoms with Gasteiger partial charge in [-0.15, -0.1) is 0 Å². The van der Waals surface area contributed by atoms with Gasteiger partial charge in [-0.2, -0.15) is 0 Å². The first-order valence-electron chi connectivity index (χ1n) is 8.15. The maximum Gasteiger partial charge on any atom is 0.326 e. The minimum atomic E-state index is -0.735. The fraction of sp³-hybridized carbons (Fsp3) is 0.0500. The topological polar surface area (TPSA) is 80.3 Å². The summed E-state index contributed by atoms with van der Waals surface area (Å²) in [5.41, 5.74) is 1.98. The summed E-state index contributed by atoms with van der Waals surface area (Å²) in [5, 5.41) is 4.73. The van der Waals surface area contributed by atoms with Gasteiger partial charge in [-0.25, -0.2) is 14.2 Å². The molecule has 0 aliphatic rings. The number of pyridine rings is 1. The number of anilines is 1. The van der Waals surface area contributed by atoms with E-state index in [9.17, 15) is 14.0 Å². The zero-order valence-corrected chi connectivity index (χ0v) is 15.5. The lowest BCUT2D eigenvalue weighted by Gasteiger charge is -2.12. The SMILES string of the molecule is COc1cc(NC(=O)NC(=O)c2cccnc2Cl)ccc1-c1ccc(F)cc1. The lowest BCUT2D eigenvalue weighted by Crippen LogP contribution is -2.34. The van der Waals surface area contributed by atoms with Crippen molar-refractivity contribution in [2.75, 3.05) is 12.4 Å². The van der Waals surface area contributed by atoms with Crippen molar-refractivity contribution in [1.82, 2.24) is 10.3 Å². The maximum absolute atomic E-state index is 13.1. The number of imide groups is 1. The lowest BCUT2D eigenvalue weighted by molar-refractivity contribution is 0.0967. The average molecular weight is 400 g/mol. The molecule has 28 heavy (non-hydrogen) atoms. The summed E-state index contributed by atoms with van der Waals surface area (Å²) in [6, 6.07) is 13.2. The van der Waals surface area contributed by atoms with Crippen LogP contribution in [-0.2, 0) is 0 Å². The van der Waals surface area contributed by atoms with Crippen molar-refractivity contribution in [3.8, 4) is 16.9 Å². The standard InChI is InChI=1S/C20H15ClFN3O3/c1-28-17-11-14(8-9-15(17)12-4-6-13(22)7-5-12)24-20(27)25-19(26)16-3-2-10-23-18(16)21/h2-11H,1H3,(H2,24,25,26,27). The monoisotopic (exact) mass is 399 g/mol. The van der Waals surface area contributed by atoms with E-state index in [0.29, 0.717) is 11.4 Å². The highest BCUT2D eigenvalue weighted by Gasteiger charge is 2.15. The minimum Gasteiger partial charge on any atom is -0.496 e. The van der Waals surface area contributed by atoms with Gasteiger partial charge in [0.25, 0.3) is 5.91 Å². The summed E-state index contributed by atoms with van der Waals surface area (Å²) in [6.45, 7) is 0. The molecule has 0 fully saturated rings. The van der Waals surface area contributed by atoms with Crippen molar-refractivity contribution in [2.45, 2.75) is 0 Å². The molecule has 6 nitrogen and oxygen atoms in total. The van der Waals surface area contributed by atoms with E-state index >= 15 is 0 Å². The Kier molecular flexibility index (Phi) is 5.86. The number of benzene rings is 2. The van der Waals surface area contributed by atoms with Gasteiger partial charge in [-0.3, -0.25) is 10.1 Å². The fourth-order valence-corrected chi connectivity index (χ4v) is 2.73. The van der Waals surface area contributed by atoms with E-state index in [1.54, 1.807) is 30.3 Å². The number of hydrogen-bond donors (Lipinski definition) is 2. The molecule has 2 aromatic carbocycles. The second-order valence-corrected chi connectivity index (χ2v) is 6.03. The van der Waals surface area contributed by atoms with E-state index < -0.39 is 11.9 Å². The Balaban J connectivity index is 1.73. The number of aromatic nitrogens is 1. The Morgan fingerprint density at radius 3 is 2.54 bits per heavy atom. The van der Waals surface area contributed by atoms with E-state index in [0.717, 1.165) is 11.1 Å². The van der Waals surface area contributed by atoms with Crippen molar-refractivity contribution in [1.29, 1.82) is 0 Å². The Morgan fingerprint density at radius 1 is 1.11 bits per heavy atom. The molecule has 1 aromatic heterocycles. The number of nitrogens with zero attached hydrogens (tertiary/aromatic N) is 1. The van der Waals surface area contributed by atoms with Crippen LogP contribution in [0.3, 0.4) is 0 Å². The Morgan fingerprint density at radius 2 is 1.86 bits per heavy atom. The summed E-state index contributed by atoms with van der Waals surface area (Å²) in [5.74, 6) is -0.535. The number of ether oxygens (including phenoxy) is 1. The van der Waals surface area contributed by atoms with E-state index in [-0.39, 0.29) is 16.5 Å². The van der Waals surface area contributed by atoms with Gasteiger partial charge in [-0.1, -0.05) is 23.7 Å². The van der Waals surface area contributed by atoms with Crippen LogP contribution < -0.4 is 15.4 Å². The summed E-state index contributed by atoms with van der Waals surface area (Å²) in [7, 11) is 1.49. The number of rotatable bonds is 4. The third-order valence-electron chi connectivity index (χ3n) is 3.85. The first-order chi connectivity index (χ1) is 13.5. The first kappa shape index (κ1) is 19.3. The highest BCUT2D eigenvalue weighted by atomic mass is 35.5. The highest BCUT2D eigenvalue weighted by Crippen LogP contribution is 2.32. The van der Waals surface area contributed by atoms with Gasteiger partial charge in [0.05, 0.1) is 12.7 Å². The minimum absolute atomic E-state index is 0.00174. The molecule has 3 rings (SSSR count). The van der Waals surface area contributed by atoms with Crippen LogP contribution in [0.5, 0.6) is 5.75 Å². The molecule has 1 heterocycles. The van der Waals surface area contributed by atoms with Gasteiger partial charge in [0, 0.05) is 23.5 Å². The summed E-state index contributed by atoms with van der Waals surface area (Å²) >= 11 is 5.84. The number of halogens is 2. The van der Waals surface area contributed by atoms with Gasteiger partial charge >= 0.3 is 6.03 Å². The fourth-order valence-electron chi connectivity index (χ4n) is 2.53. The van der Waals surface area contributed by atoms with Crippen LogP contribution >= 0.6 is 11.6 Å². The number of amides is 3. The molecule has 3 amide bonds. The number of urea groups is 1. The normalized spacial score (nSPS) is 10.2. The zero-order valence-electron chi connectivity index (χ0n) is 14.7. The van der Waals surface area contributed by atoms with Crippen molar-refractivity contribution >= 4 is 29.2 Å². The number of methoxy groups -OCH3 is 1.